The summed E-state index contributed by atoms with van der Waals surface area (Å²) in [7, 11) is 0. The van der Waals surface area contributed by atoms with Gasteiger partial charge >= 0.3 is 0 Å². The predicted octanol–water partition coefficient (Wildman–Crippen LogP) is 2.31. The Morgan fingerprint density at radius 2 is 2.00 bits per heavy atom. The van der Waals surface area contributed by atoms with Crippen molar-refractivity contribution in [2.45, 2.75) is 65.5 Å². The van der Waals surface area contributed by atoms with E-state index < -0.39 is 0 Å². The summed E-state index contributed by atoms with van der Waals surface area (Å²) in [5.41, 5.74) is 0. The molecule has 98 valence electrons. The van der Waals surface area contributed by atoms with Gasteiger partial charge in [0.1, 0.15) is 0 Å². The van der Waals surface area contributed by atoms with E-state index in [9.17, 15) is 0 Å². The Balaban J connectivity index is 2.67. The van der Waals surface area contributed by atoms with Gasteiger partial charge in [-0.25, -0.2) is 4.68 Å². The van der Waals surface area contributed by atoms with Gasteiger partial charge in [-0.2, -0.15) is 0 Å². The number of hydrogen-bond acceptors (Lipinski definition) is 4. The largest absolute Gasteiger partial charge is 0.310 e. The van der Waals surface area contributed by atoms with E-state index in [1.165, 1.54) is 25.7 Å². The van der Waals surface area contributed by atoms with Crippen molar-refractivity contribution in [2.24, 2.45) is 0 Å². The first kappa shape index (κ1) is 14.1. The van der Waals surface area contributed by atoms with Crippen LogP contribution in [0.1, 0.15) is 64.7 Å². The lowest BCUT2D eigenvalue weighted by Gasteiger charge is -2.17. The second-order valence-corrected chi connectivity index (χ2v) is 4.40. The molecular formula is C12H25N5. The van der Waals surface area contributed by atoms with E-state index in [4.69, 9.17) is 0 Å². The topological polar surface area (TPSA) is 55.6 Å². The second kappa shape index (κ2) is 8.17. The average Bonchev–Trinajstić information content (AvgIpc) is 2.80. The van der Waals surface area contributed by atoms with Crippen molar-refractivity contribution in [1.29, 1.82) is 0 Å². The molecule has 1 unspecified atom stereocenters. The van der Waals surface area contributed by atoms with Crippen LogP contribution in [0.25, 0.3) is 0 Å². The normalized spacial score (nSPS) is 12.9. The Morgan fingerprint density at radius 1 is 1.18 bits per heavy atom. The van der Waals surface area contributed by atoms with Crippen LogP contribution in [-0.2, 0) is 6.54 Å². The third-order valence-electron chi connectivity index (χ3n) is 2.95. The summed E-state index contributed by atoms with van der Waals surface area (Å²) in [6, 6.07) is 0.462. The quantitative estimate of drug-likeness (QED) is 0.718. The number of nitrogens with zero attached hydrogens (tertiary/aromatic N) is 4. The van der Waals surface area contributed by atoms with Crippen LogP contribution in [0.15, 0.2) is 0 Å². The molecule has 1 rings (SSSR count). The summed E-state index contributed by atoms with van der Waals surface area (Å²) >= 11 is 0. The van der Waals surface area contributed by atoms with Gasteiger partial charge < -0.3 is 5.32 Å². The van der Waals surface area contributed by atoms with Crippen molar-refractivity contribution in [2.75, 3.05) is 6.54 Å². The Kier molecular flexibility index (Phi) is 6.77. The molecular weight excluding hydrogens is 214 g/mol. The zero-order chi connectivity index (χ0) is 12.5. The summed E-state index contributed by atoms with van der Waals surface area (Å²) < 4.78 is 2.02. The van der Waals surface area contributed by atoms with Gasteiger partial charge in [0.15, 0.2) is 5.82 Å². The number of hydrogen-bond donors (Lipinski definition) is 1. The lowest BCUT2D eigenvalue weighted by Crippen LogP contribution is -2.20. The molecule has 0 aliphatic heterocycles. The number of tetrazole rings is 1. The maximum atomic E-state index is 4.16. The third kappa shape index (κ3) is 4.42. The van der Waals surface area contributed by atoms with Gasteiger partial charge in [-0.05, 0) is 29.8 Å². The van der Waals surface area contributed by atoms with E-state index in [1.807, 2.05) is 4.68 Å². The van der Waals surface area contributed by atoms with Crippen LogP contribution in [0.3, 0.4) is 0 Å². The van der Waals surface area contributed by atoms with Gasteiger partial charge in [-0.3, -0.25) is 0 Å². The number of aromatic nitrogens is 4. The van der Waals surface area contributed by atoms with Gasteiger partial charge in [-0.15, -0.1) is 5.10 Å². The van der Waals surface area contributed by atoms with E-state index in [2.05, 4.69) is 41.6 Å². The molecule has 5 heteroatoms. The first-order valence-corrected chi connectivity index (χ1v) is 6.80. The van der Waals surface area contributed by atoms with Crippen LogP contribution in [-0.4, -0.2) is 26.8 Å². The molecule has 0 amide bonds. The van der Waals surface area contributed by atoms with Crippen LogP contribution in [0, 0.1) is 0 Å². The molecule has 1 aromatic heterocycles. The molecule has 0 saturated heterocycles. The Morgan fingerprint density at radius 3 is 2.65 bits per heavy atom. The smallest absolute Gasteiger partial charge is 0.165 e. The Hall–Kier alpha value is -0.970. The SMILES string of the molecule is CCCCC(CCC)n1nnnc1CNCC. The van der Waals surface area contributed by atoms with Crippen LogP contribution in [0.4, 0.5) is 0 Å². The maximum Gasteiger partial charge on any atom is 0.165 e. The van der Waals surface area contributed by atoms with Crippen LogP contribution in [0.5, 0.6) is 0 Å². The van der Waals surface area contributed by atoms with E-state index in [0.29, 0.717) is 6.04 Å². The van der Waals surface area contributed by atoms with Crippen molar-refractivity contribution in [1.82, 2.24) is 25.5 Å². The summed E-state index contributed by atoms with van der Waals surface area (Å²) in [5, 5.41) is 15.4. The summed E-state index contributed by atoms with van der Waals surface area (Å²) in [6.07, 6.45) is 5.98. The molecule has 0 fully saturated rings. The van der Waals surface area contributed by atoms with E-state index in [1.54, 1.807) is 0 Å². The molecule has 5 nitrogen and oxygen atoms in total. The van der Waals surface area contributed by atoms with Crippen molar-refractivity contribution < 1.29 is 0 Å². The average molecular weight is 239 g/mol. The summed E-state index contributed by atoms with van der Waals surface area (Å²) in [4.78, 5) is 0. The molecule has 0 radical (unpaired) electrons. The molecule has 0 aliphatic carbocycles. The van der Waals surface area contributed by atoms with Gasteiger partial charge in [-0.1, -0.05) is 40.0 Å². The highest BCUT2D eigenvalue weighted by Gasteiger charge is 2.15. The van der Waals surface area contributed by atoms with Crippen LogP contribution >= 0.6 is 0 Å². The standard InChI is InChI=1S/C12H25N5/c1-4-7-9-11(8-5-2)17-12(10-13-6-3)14-15-16-17/h11,13H,4-10H2,1-3H3. The highest BCUT2D eigenvalue weighted by Crippen LogP contribution is 2.20. The molecule has 0 saturated carbocycles. The molecule has 17 heavy (non-hydrogen) atoms. The summed E-state index contributed by atoms with van der Waals surface area (Å²) in [5.74, 6) is 0.960. The Bertz CT molecular complexity index is 297. The molecule has 1 heterocycles. The lowest BCUT2D eigenvalue weighted by molar-refractivity contribution is 0.363. The Labute approximate surface area is 104 Å². The fourth-order valence-electron chi connectivity index (χ4n) is 2.01. The highest BCUT2D eigenvalue weighted by molar-refractivity contribution is 4.83. The zero-order valence-electron chi connectivity index (χ0n) is 11.3. The molecule has 0 aromatic carbocycles. The molecule has 0 aliphatic rings. The van der Waals surface area contributed by atoms with Gasteiger partial charge in [0.25, 0.3) is 0 Å². The maximum absolute atomic E-state index is 4.16. The first-order valence-electron chi connectivity index (χ1n) is 6.80. The van der Waals surface area contributed by atoms with Crippen LogP contribution in [0.2, 0.25) is 0 Å². The summed E-state index contributed by atoms with van der Waals surface area (Å²) in [6.45, 7) is 8.24. The lowest BCUT2D eigenvalue weighted by atomic mass is 10.1. The number of nitrogens with one attached hydrogen (secondary N) is 1. The minimum absolute atomic E-state index is 0.462. The minimum Gasteiger partial charge on any atom is -0.310 e. The van der Waals surface area contributed by atoms with Crippen LogP contribution < -0.4 is 5.32 Å². The molecule has 1 atom stereocenters. The number of rotatable bonds is 9. The fraction of sp³-hybridized carbons (Fsp3) is 0.917. The van der Waals surface area contributed by atoms with Crippen molar-refractivity contribution >= 4 is 0 Å². The molecule has 1 aromatic rings. The van der Waals surface area contributed by atoms with Crippen molar-refractivity contribution in [3.05, 3.63) is 5.82 Å². The second-order valence-electron chi connectivity index (χ2n) is 4.40. The van der Waals surface area contributed by atoms with Gasteiger partial charge in [0.05, 0.1) is 12.6 Å². The highest BCUT2D eigenvalue weighted by atomic mass is 15.6. The fourth-order valence-corrected chi connectivity index (χ4v) is 2.01. The number of unbranched alkanes of at least 4 members (excludes halogenated alkanes) is 1. The third-order valence-corrected chi connectivity index (χ3v) is 2.95. The van der Waals surface area contributed by atoms with E-state index in [-0.39, 0.29) is 0 Å². The zero-order valence-corrected chi connectivity index (χ0v) is 11.3. The minimum atomic E-state index is 0.462. The molecule has 0 spiro atoms. The monoisotopic (exact) mass is 239 g/mol. The first-order chi connectivity index (χ1) is 8.33. The molecule has 1 N–H and O–H groups in total. The van der Waals surface area contributed by atoms with Gasteiger partial charge in [0, 0.05) is 0 Å². The van der Waals surface area contributed by atoms with E-state index >= 15 is 0 Å². The van der Waals surface area contributed by atoms with Crippen molar-refractivity contribution in [3.8, 4) is 0 Å². The predicted molar refractivity (Wildman–Crippen MR) is 68.7 cm³/mol. The van der Waals surface area contributed by atoms with E-state index in [0.717, 1.165) is 25.3 Å². The molecule has 0 bridgehead atoms. The van der Waals surface area contributed by atoms with Crippen molar-refractivity contribution in [3.63, 3.8) is 0 Å². The van der Waals surface area contributed by atoms with Gasteiger partial charge in [0.2, 0.25) is 0 Å².